The molecular formula is C16H14ClN3O5S. The number of benzene rings is 2. The second-order valence-electron chi connectivity index (χ2n) is 5.60. The molecule has 1 aromatic heterocycles. The summed E-state index contributed by atoms with van der Waals surface area (Å²) in [5, 5.41) is 25.1. The number of rotatable bonds is 3. The molecule has 8 nitrogen and oxygen atoms in total. The summed E-state index contributed by atoms with van der Waals surface area (Å²) in [4.78, 5) is 12.2. The number of fused-ring (bicyclic) bond motifs is 1. The third-order valence-electron chi connectivity index (χ3n) is 3.87. The van der Waals surface area contributed by atoms with E-state index in [0.29, 0.717) is 16.6 Å². The van der Waals surface area contributed by atoms with Gasteiger partial charge in [0.2, 0.25) is 10.0 Å². The number of sulfonamides is 1. The summed E-state index contributed by atoms with van der Waals surface area (Å²) in [7, 11) is -4.09. The molecule has 0 aliphatic carbocycles. The molecule has 3 aromatic rings. The highest BCUT2D eigenvalue weighted by atomic mass is 35.5. The molecule has 0 saturated heterocycles. The highest BCUT2D eigenvalue weighted by Crippen LogP contribution is 2.33. The maximum absolute atomic E-state index is 12.5. The quantitative estimate of drug-likeness (QED) is 0.538. The normalized spacial score (nSPS) is 11.7. The number of nitrogens with one attached hydrogen (secondary N) is 1. The Morgan fingerprint density at radius 2 is 1.88 bits per heavy atom. The number of carbonyl (C=O) groups excluding carboxylic acids is 1. The molecule has 5 N–H and O–H groups in total. The summed E-state index contributed by atoms with van der Waals surface area (Å²) < 4.78 is 24.4. The van der Waals surface area contributed by atoms with Crippen molar-refractivity contribution in [3.8, 4) is 11.5 Å². The lowest BCUT2D eigenvalue weighted by Crippen LogP contribution is -2.24. The van der Waals surface area contributed by atoms with Gasteiger partial charge in [0.25, 0.3) is 5.91 Å². The van der Waals surface area contributed by atoms with Gasteiger partial charge in [-0.2, -0.15) is 0 Å². The van der Waals surface area contributed by atoms with Crippen molar-refractivity contribution in [3.63, 3.8) is 0 Å². The number of nitrogens with zero attached hydrogens (tertiary/aromatic N) is 1. The van der Waals surface area contributed by atoms with Gasteiger partial charge in [-0.3, -0.25) is 14.9 Å². The topological polar surface area (TPSA) is 135 Å². The lowest BCUT2D eigenvalue weighted by Gasteiger charge is -2.11. The van der Waals surface area contributed by atoms with E-state index in [0.717, 1.165) is 6.07 Å². The summed E-state index contributed by atoms with van der Waals surface area (Å²) in [6, 6.07) is 7.97. The minimum absolute atomic E-state index is 0.0120. The van der Waals surface area contributed by atoms with Gasteiger partial charge in [0.05, 0.1) is 16.2 Å². The van der Waals surface area contributed by atoms with Crippen LogP contribution in [0, 0.1) is 6.92 Å². The number of amides is 1. The number of aromatic nitrogens is 1. The second kappa shape index (κ2) is 6.20. The Balaban J connectivity index is 2.04. The molecule has 0 unspecified atom stereocenters. The fraction of sp³-hybridized carbons (Fsp3) is 0.0625. The average molecular weight is 396 g/mol. The third kappa shape index (κ3) is 3.07. The van der Waals surface area contributed by atoms with Gasteiger partial charge in [0.1, 0.15) is 16.4 Å². The Morgan fingerprint density at radius 1 is 1.19 bits per heavy atom. The summed E-state index contributed by atoms with van der Waals surface area (Å²) >= 11 is 5.81. The van der Waals surface area contributed by atoms with E-state index in [1.165, 1.54) is 35.0 Å². The van der Waals surface area contributed by atoms with Crippen LogP contribution in [0.2, 0.25) is 5.02 Å². The molecule has 0 aliphatic rings. The van der Waals surface area contributed by atoms with Crippen molar-refractivity contribution in [1.29, 1.82) is 0 Å². The minimum atomic E-state index is -4.09. The smallest absolute Gasteiger partial charge is 0.270 e. The van der Waals surface area contributed by atoms with Gasteiger partial charge >= 0.3 is 0 Å². The Kier molecular flexibility index (Phi) is 4.31. The molecule has 136 valence electrons. The van der Waals surface area contributed by atoms with Crippen LogP contribution in [0.5, 0.6) is 11.5 Å². The zero-order valence-corrected chi connectivity index (χ0v) is 15.0. The average Bonchev–Trinajstić information content (AvgIpc) is 2.79. The van der Waals surface area contributed by atoms with Crippen molar-refractivity contribution in [2.75, 3.05) is 5.43 Å². The monoisotopic (exact) mass is 395 g/mol. The van der Waals surface area contributed by atoms with Gasteiger partial charge in [0, 0.05) is 10.9 Å². The number of aromatic hydroxyl groups is 2. The first kappa shape index (κ1) is 18.1. The fourth-order valence-corrected chi connectivity index (χ4v) is 3.63. The molecule has 10 heteroatoms. The van der Waals surface area contributed by atoms with E-state index in [-0.39, 0.29) is 27.0 Å². The van der Waals surface area contributed by atoms with E-state index in [1.54, 1.807) is 6.92 Å². The number of phenolic OH excluding ortho intramolecular Hbond substituents is 1. The molecule has 0 aliphatic heterocycles. The maximum atomic E-state index is 12.5. The van der Waals surface area contributed by atoms with Crippen LogP contribution in [0.25, 0.3) is 10.9 Å². The first-order valence-electron chi connectivity index (χ1n) is 7.26. The molecule has 0 saturated carbocycles. The van der Waals surface area contributed by atoms with E-state index in [2.05, 4.69) is 5.43 Å². The molecule has 2 aromatic carbocycles. The van der Waals surface area contributed by atoms with E-state index in [1.807, 2.05) is 0 Å². The van der Waals surface area contributed by atoms with Gasteiger partial charge in [-0.15, -0.1) is 0 Å². The molecule has 26 heavy (non-hydrogen) atoms. The number of primary sulfonamides is 1. The Labute approximate surface area is 153 Å². The first-order chi connectivity index (χ1) is 12.1. The van der Waals surface area contributed by atoms with Crippen molar-refractivity contribution in [2.24, 2.45) is 5.14 Å². The number of hydrogen-bond acceptors (Lipinski definition) is 5. The predicted octanol–water partition coefficient (Wildman–Crippen LogP) is 2.05. The van der Waals surface area contributed by atoms with E-state index < -0.39 is 15.9 Å². The first-order valence-corrected chi connectivity index (χ1v) is 9.18. The lowest BCUT2D eigenvalue weighted by molar-refractivity contribution is 0.101. The summed E-state index contributed by atoms with van der Waals surface area (Å²) in [6.07, 6.45) is 0. The van der Waals surface area contributed by atoms with Crippen LogP contribution >= 0.6 is 11.6 Å². The standard InChI is InChI=1S/C16H14ClN3O5S/c1-8-15(22)11-7-10(21)3-5-13(11)20(8)19-16(23)9-2-4-12(17)14(6-9)26(18,24)25/h2-7,21-22H,1H3,(H,19,23)(H2,18,24,25). The van der Waals surface area contributed by atoms with Crippen LogP contribution in [-0.2, 0) is 10.0 Å². The molecule has 1 amide bonds. The highest BCUT2D eigenvalue weighted by molar-refractivity contribution is 7.89. The van der Waals surface area contributed by atoms with E-state index >= 15 is 0 Å². The summed E-state index contributed by atoms with van der Waals surface area (Å²) in [5.74, 6) is -0.774. The molecule has 1 heterocycles. The molecule has 0 fully saturated rings. The molecule has 0 bridgehead atoms. The SMILES string of the molecule is Cc1c(O)c2cc(O)ccc2n1NC(=O)c1ccc(Cl)c(S(N)(=O)=O)c1. The van der Waals surface area contributed by atoms with E-state index in [4.69, 9.17) is 16.7 Å². The van der Waals surface area contributed by atoms with Crippen molar-refractivity contribution < 1.29 is 23.4 Å². The van der Waals surface area contributed by atoms with Gasteiger partial charge < -0.3 is 10.2 Å². The molecule has 0 radical (unpaired) electrons. The highest BCUT2D eigenvalue weighted by Gasteiger charge is 2.19. The number of halogens is 1. The Morgan fingerprint density at radius 3 is 2.54 bits per heavy atom. The molecular weight excluding hydrogens is 382 g/mol. The molecule has 0 spiro atoms. The Bertz CT molecular complexity index is 1150. The molecule has 3 rings (SSSR count). The van der Waals surface area contributed by atoms with Gasteiger partial charge in [0.15, 0.2) is 0 Å². The van der Waals surface area contributed by atoms with Crippen LogP contribution in [0.1, 0.15) is 16.1 Å². The van der Waals surface area contributed by atoms with Gasteiger partial charge in [-0.25, -0.2) is 13.6 Å². The van der Waals surface area contributed by atoms with Gasteiger partial charge in [-0.1, -0.05) is 11.6 Å². The van der Waals surface area contributed by atoms with Crippen LogP contribution in [0.4, 0.5) is 0 Å². The Hall–Kier alpha value is -2.75. The van der Waals surface area contributed by atoms with Gasteiger partial charge in [-0.05, 0) is 43.3 Å². The number of phenols is 1. The van der Waals surface area contributed by atoms with E-state index in [9.17, 15) is 23.4 Å². The number of carbonyl (C=O) groups is 1. The number of nitrogens with two attached hydrogens (primary N) is 1. The zero-order valence-electron chi connectivity index (χ0n) is 13.4. The van der Waals surface area contributed by atoms with Crippen LogP contribution in [0.3, 0.4) is 0 Å². The third-order valence-corrected chi connectivity index (χ3v) is 5.26. The summed E-state index contributed by atoms with van der Waals surface area (Å²) in [5.41, 5.74) is 3.36. The van der Waals surface area contributed by atoms with Crippen molar-refractivity contribution in [3.05, 3.63) is 52.7 Å². The minimum Gasteiger partial charge on any atom is -0.508 e. The fourth-order valence-electron chi connectivity index (χ4n) is 2.56. The predicted molar refractivity (Wildman–Crippen MR) is 96.5 cm³/mol. The number of hydrogen-bond donors (Lipinski definition) is 4. The maximum Gasteiger partial charge on any atom is 0.270 e. The largest absolute Gasteiger partial charge is 0.508 e. The zero-order chi connectivity index (χ0) is 19.2. The summed E-state index contributed by atoms with van der Waals surface area (Å²) in [6.45, 7) is 1.57. The van der Waals surface area contributed by atoms with Crippen molar-refractivity contribution in [1.82, 2.24) is 4.68 Å². The van der Waals surface area contributed by atoms with Crippen molar-refractivity contribution in [2.45, 2.75) is 11.8 Å². The van der Waals surface area contributed by atoms with Crippen LogP contribution < -0.4 is 10.6 Å². The lowest BCUT2D eigenvalue weighted by atomic mass is 10.2. The van der Waals surface area contributed by atoms with Crippen LogP contribution in [0.15, 0.2) is 41.3 Å². The second-order valence-corrected chi connectivity index (χ2v) is 7.54. The molecule has 0 atom stereocenters. The van der Waals surface area contributed by atoms with Crippen LogP contribution in [-0.4, -0.2) is 29.2 Å². The van der Waals surface area contributed by atoms with Crippen molar-refractivity contribution >= 4 is 38.4 Å².